The summed E-state index contributed by atoms with van der Waals surface area (Å²) in [5.41, 5.74) is 0.953. The van der Waals surface area contributed by atoms with E-state index >= 15 is 0 Å². The Labute approximate surface area is 132 Å². The van der Waals surface area contributed by atoms with Gasteiger partial charge in [0.1, 0.15) is 5.82 Å². The number of anilines is 2. The van der Waals surface area contributed by atoms with E-state index in [2.05, 4.69) is 36.9 Å². The summed E-state index contributed by atoms with van der Waals surface area (Å²) < 4.78 is 1.02. The number of aromatic nitrogens is 1. The molecule has 6 heteroatoms. The van der Waals surface area contributed by atoms with Crippen LogP contribution in [-0.2, 0) is 0 Å². The number of pyridine rings is 1. The topological polar surface area (TPSA) is 49.0 Å². The molecule has 0 aliphatic rings. The number of halogens is 1. The van der Waals surface area contributed by atoms with Crippen LogP contribution in [-0.4, -0.2) is 23.2 Å². The van der Waals surface area contributed by atoms with Gasteiger partial charge in [-0.1, -0.05) is 28.1 Å². The molecule has 0 saturated carbocycles. The van der Waals surface area contributed by atoms with E-state index in [1.807, 2.05) is 42.5 Å². The molecule has 0 atom stereocenters. The first-order valence-electron chi connectivity index (χ1n) is 6.19. The van der Waals surface area contributed by atoms with Crippen molar-refractivity contribution < 1.29 is 0 Å². The molecule has 1 aromatic heterocycles. The summed E-state index contributed by atoms with van der Waals surface area (Å²) in [6, 6.07) is 13.6. The van der Waals surface area contributed by atoms with Crippen LogP contribution in [0.3, 0.4) is 0 Å². The van der Waals surface area contributed by atoms with Crippen molar-refractivity contribution in [2.75, 3.05) is 23.7 Å². The molecule has 2 rings (SSSR count). The fourth-order valence-electron chi connectivity index (χ4n) is 1.58. The van der Waals surface area contributed by atoms with Gasteiger partial charge in [0.25, 0.3) is 0 Å². The lowest BCUT2D eigenvalue weighted by molar-refractivity contribution is 0.910. The Hall–Kier alpha value is -1.66. The maximum Gasteiger partial charge on any atom is 0.170 e. The third kappa shape index (κ3) is 5.14. The minimum Gasteiger partial charge on any atom is -0.368 e. The van der Waals surface area contributed by atoms with Gasteiger partial charge in [0, 0.05) is 29.4 Å². The van der Waals surface area contributed by atoms with Crippen LogP contribution >= 0.6 is 28.1 Å². The molecule has 2 aromatic rings. The minimum atomic E-state index is 0.603. The molecule has 20 heavy (non-hydrogen) atoms. The highest BCUT2D eigenvalue weighted by molar-refractivity contribution is 9.10. The zero-order valence-electron chi connectivity index (χ0n) is 10.8. The van der Waals surface area contributed by atoms with Gasteiger partial charge in [-0.15, -0.1) is 0 Å². The van der Waals surface area contributed by atoms with Crippen LogP contribution in [0.1, 0.15) is 0 Å². The van der Waals surface area contributed by atoms with E-state index in [0.29, 0.717) is 5.11 Å². The van der Waals surface area contributed by atoms with Crippen molar-refractivity contribution in [3.05, 3.63) is 53.1 Å². The lowest BCUT2D eigenvalue weighted by atomic mass is 10.3. The molecule has 4 nitrogen and oxygen atoms in total. The maximum atomic E-state index is 5.23. The SMILES string of the molecule is S=C(NCCNc1ccccn1)Nc1cccc(Br)c1. The zero-order valence-corrected chi connectivity index (χ0v) is 13.2. The van der Waals surface area contributed by atoms with Crippen molar-refractivity contribution in [1.29, 1.82) is 0 Å². The average Bonchev–Trinajstić information content (AvgIpc) is 2.45. The minimum absolute atomic E-state index is 0.603. The van der Waals surface area contributed by atoms with Crippen LogP contribution in [0.25, 0.3) is 0 Å². The smallest absolute Gasteiger partial charge is 0.170 e. The van der Waals surface area contributed by atoms with Crippen molar-refractivity contribution in [2.24, 2.45) is 0 Å². The molecule has 0 amide bonds. The predicted octanol–water partition coefficient (Wildman–Crippen LogP) is 3.24. The number of benzene rings is 1. The molecule has 0 aliphatic heterocycles. The number of nitrogens with zero attached hydrogens (tertiary/aromatic N) is 1. The van der Waals surface area contributed by atoms with Gasteiger partial charge in [0.15, 0.2) is 5.11 Å². The van der Waals surface area contributed by atoms with Crippen molar-refractivity contribution in [3.63, 3.8) is 0 Å². The molecular weight excluding hydrogens is 336 g/mol. The Bertz CT molecular complexity index is 562. The van der Waals surface area contributed by atoms with Gasteiger partial charge in [0.05, 0.1) is 0 Å². The Morgan fingerprint density at radius 1 is 1.15 bits per heavy atom. The first-order valence-corrected chi connectivity index (χ1v) is 7.39. The van der Waals surface area contributed by atoms with Crippen molar-refractivity contribution in [3.8, 4) is 0 Å². The number of rotatable bonds is 5. The summed E-state index contributed by atoms with van der Waals surface area (Å²) in [4.78, 5) is 4.18. The lowest BCUT2D eigenvalue weighted by Crippen LogP contribution is -2.32. The van der Waals surface area contributed by atoms with E-state index < -0.39 is 0 Å². The number of thiocarbonyl (C=S) groups is 1. The molecule has 104 valence electrons. The second kappa shape index (κ2) is 7.81. The zero-order chi connectivity index (χ0) is 14.2. The molecule has 0 bridgehead atoms. The molecule has 0 spiro atoms. The predicted molar refractivity (Wildman–Crippen MR) is 91.1 cm³/mol. The first kappa shape index (κ1) is 14.7. The highest BCUT2D eigenvalue weighted by Gasteiger charge is 1.98. The molecule has 0 radical (unpaired) electrons. The molecule has 1 aromatic carbocycles. The van der Waals surface area contributed by atoms with Crippen LogP contribution in [0.2, 0.25) is 0 Å². The summed E-state index contributed by atoms with van der Waals surface area (Å²) in [6.07, 6.45) is 1.76. The largest absolute Gasteiger partial charge is 0.368 e. The second-order valence-corrected chi connectivity index (χ2v) is 5.36. The van der Waals surface area contributed by atoms with E-state index in [0.717, 1.165) is 29.1 Å². The van der Waals surface area contributed by atoms with Crippen LogP contribution in [0, 0.1) is 0 Å². The van der Waals surface area contributed by atoms with Crippen molar-refractivity contribution in [2.45, 2.75) is 0 Å². The van der Waals surface area contributed by atoms with E-state index in [9.17, 15) is 0 Å². The molecule has 1 heterocycles. The van der Waals surface area contributed by atoms with Crippen LogP contribution in [0.4, 0.5) is 11.5 Å². The lowest BCUT2D eigenvalue weighted by Gasteiger charge is -2.11. The van der Waals surface area contributed by atoms with Gasteiger partial charge in [0.2, 0.25) is 0 Å². The molecule has 0 saturated heterocycles. The normalized spacial score (nSPS) is 9.85. The summed E-state index contributed by atoms with van der Waals surface area (Å²) in [5.74, 6) is 0.861. The molecule has 0 fully saturated rings. The summed E-state index contributed by atoms with van der Waals surface area (Å²) in [5, 5.41) is 10.1. The van der Waals surface area contributed by atoms with E-state index in [4.69, 9.17) is 12.2 Å². The average molecular weight is 351 g/mol. The fourth-order valence-corrected chi connectivity index (χ4v) is 2.19. The van der Waals surface area contributed by atoms with Gasteiger partial charge in [-0.05, 0) is 42.5 Å². The van der Waals surface area contributed by atoms with E-state index in [1.54, 1.807) is 6.20 Å². The number of nitrogens with one attached hydrogen (secondary N) is 3. The Balaban J connectivity index is 1.68. The quantitative estimate of drug-likeness (QED) is 0.570. The second-order valence-electron chi connectivity index (χ2n) is 4.03. The maximum absolute atomic E-state index is 5.23. The summed E-state index contributed by atoms with van der Waals surface area (Å²) in [7, 11) is 0. The number of hydrogen-bond donors (Lipinski definition) is 3. The number of hydrogen-bond acceptors (Lipinski definition) is 3. The Morgan fingerprint density at radius 2 is 2.05 bits per heavy atom. The highest BCUT2D eigenvalue weighted by Crippen LogP contribution is 2.15. The molecule has 0 aliphatic carbocycles. The fraction of sp³-hybridized carbons (Fsp3) is 0.143. The first-order chi connectivity index (χ1) is 9.74. The van der Waals surface area contributed by atoms with Gasteiger partial charge in [-0.25, -0.2) is 4.98 Å². The monoisotopic (exact) mass is 350 g/mol. The summed E-state index contributed by atoms with van der Waals surface area (Å²) >= 11 is 8.65. The molecular formula is C14H15BrN4S. The standard InChI is InChI=1S/C14H15BrN4S/c15-11-4-3-5-12(10-11)19-14(20)18-9-8-17-13-6-1-2-7-16-13/h1-7,10H,8-9H2,(H,16,17)(H2,18,19,20). The van der Waals surface area contributed by atoms with Gasteiger partial charge >= 0.3 is 0 Å². The van der Waals surface area contributed by atoms with Crippen molar-refractivity contribution >= 4 is 44.8 Å². The molecule has 3 N–H and O–H groups in total. The van der Waals surface area contributed by atoms with Crippen LogP contribution in [0.15, 0.2) is 53.1 Å². The van der Waals surface area contributed by atoms with Crippen molar-refractivity contribution in [1.82, 2.24) is 10.3 Å². The third-order valence-electron chi connectivity index (χ3n) is 2.46. The molecule has 0 unspecified atom stereocenters. The van der Waals surface area contributed by atoms with Gasteiger partial charge in [-0.2, -0.15) is 0 Å². The van der Waals surface area contributed by atoms with Gasteiger partial charge < -0.3 is 16.0 Å². The van der Waals surface area contributed by atoms with E-state index in [-0.39, 0.29) is 0 Å². The van der Waals surface area contributed by atoms with Crippen LogP contribution in [0.5, 0.6) is 0 Å². The van der Waals surface area contributed by atoms with E-state index in [1.165, 1.54) is 0 Å². The Kier molecular flexibility index (Phi) is 5.76. The van der Waals surface area contributed by atoms with Crippen LogP contribution < -0.4 is 16.0 Å². The third-order valence-corrected chi connectivity index (χ3v) is 3.20. The highest BCUT2D eigenvalue weighted by atomic mass is 79.9. The Morgan fingerprint density at radius 3 is 2.80 bits per heavy atom. The van der Waals surface area contributed by atoms with Gasteiger partial charge in [-0.3, -0.25) is 0 Å². The summed E-state index contributed by atoms with van der Waals surface area (Å²) in [6.45, 7) is 1.47.